The summed E-state index contributed by atoms with van der Waals surface area (Å²) in [6.45, 7) is 8.63. The zero-order valence-electron chi connectivity index (χ0n) is 11.7. The summed E-state index contributed by atoms with van der Waals surface area (Å²) < 4.78 is 5.66. The normalized spacial score (nSPS) is 12.0. The Labute approximate surface area is 110 Å². The highest BCUT2D eigenvalue weighted by molar-refractivity contribution is 5.80. The lowest BCUT2D eigenvalue weighted by molar-refractivity contribution is -0.127. The third-order valence-corrected chi connectivity index (χ3v) is 2.71. The largest absolute Gasteiger partial charge is 0.481 e. The summed E-state index contributed by atoms with van der Waals surface area (Å²) in [5.74, 6) is 0.702. The summed E-state index contributed by atoms with van der Waals surface area (Å²) >= 11 is 0. The number of unbranched alkanes of at least 4 members (excludes halogenated alkanes) is 1. The molecule has 3 nitrogen and oxygen atoms in total. The standard InChI is InChI=1S/C15H23NO2/c1-5-6-7-16-15(17)13(4)18-14-9-11(2)8-12(3)10-14/h8-10,13H,5-7H2,1-4H3,(H,16,17)/t13-/m0/s1. The lowest BCUT2D eigenvalue weighted by Gasteiger charge is -2.15. The van der Waals surface area contributed by atoms with Gasteiger partial charge in [-0.05, 0) is 50.5 Å². The average molecular weight is 249 g/mol. The molecule has 1 aromatic carbocycles. The third-order valence-electron chi connectivity index (χ3n) is 2.71. The molecule has 1 N–H and O–H groups in total. The number of carbonyl (C=O) groups excluding carboxylic acids is 1. The van der Waals surface area contributed by atoms with Gasteiger partial charge in [0.1, 0.15) is 5.75 Å². The van der Waals surface area contributed by atoms with Crippen molar-refractivity contribution in [3.05, 3.63) is 29.3 Å². The van der Waals surface area contributed by atoms with Crippen LogP contribution in [0.25, 0.3) is 0 Å². The highest BCUT2D eigenvalue weighted by Crippen LogP contribution is 2.17. The minimum atomic E-state index is -0.456. The molecule has 0 aliphatic heterocycles. The van der Waals surface area contributed by atoms with Crippen molar-refractivity contribution in [2.45, 2.75) is 46.6 Å². The zero-order chi connectivity index (χ0) is 13.5. The van der Waals surface area contributed by atoms with Crippen molar-refractivity contribution >= 4 is 5.91 Å². The summed E-state index contributed by atoms with van der Waals surface area (Å²) in [4.78, 5) is 11.8. The Kier molecular flexibility index (Phi) is 5.69. The number of amides is 1. The van der Waals surface area contributed by atoms with Gasteiger partial charge in [0, 0.05) is 6.54 Å². The van der Waals surface area contributed by atoms with Crippen LogP contribution >= 0.6 is 0 Å². The Hall–Kier alpha value is -1.51. The number of carbonyl (C=O) groups is 1. The molecule has 0 unspecified atom stereocenters. The SMILES string of the molecule is CCCCNC(=O)[C@H](C)Oc1cc(C)cc(C)c1. The molecule has 18 heavy (non-hydrogen) atoms. The monoisotopic (exact) mass is 249 g/mol. The molecule has 0 aliphatic carbocycles. The fourth-order valence-corrected chi connectivity index (χ4v) is 1.79. The van der Waals surface area contributed by atoms with E-state index in [0.29, 0.717) is 0 Å². The maximum Gasteiger partial charge on any atom is 0.260 e. The molecule has 0 saturated carbocycles. The predicted octanol–water partition coefficient (Wildman–Crippen LogP) is 2.99. The lowest BCUT2D eigenvalue weighted by Crippen LogP contribution is -2.36. The molecule has 1 atom stereocenters. The number of hydrogen-bond acceptors (Lipinski definition) is 2. The minimum absolute atomic E-state index is 0.0531. The second-order valence-electron chi connectivity index (χ2n) is 4.73. The van der Waals surface area contributed by atoms with Crippen molar-refractivity contribution in [2.75, 3.05) is 6.54 Å². The molecule has 0 aromatic heterocycles. The molecule has 1 amide bonds. The Morgan fingerprint density at radius 3 is 2.44 bits per heavy atom. The molecule has 0 saturated heterocycles. The molecule has 0 spiro atoms. The Morgan fingerprint density at radius 2 is 1.89 bits per heavy atom. The molecule has 0 aliphatic rings. The van der Waals surface area contributed by atoms with Crippen LogP contribution in [0.1, 0.15) is 37.8 Å². The lowest BCUT2D eigenvalue weighted by atomic mass is 10.1. The van der Waals surface area contributed by atoms with Gasteiger partial charge in [0.05, 0.1) is 0 Å². The molecular formula is C15H23NO2. The number of hydrogen-bond donors (Lipinski definition) is 1. The second kappa shape index (κ2) is 7.04. The first-order valence-corrected chi connectivity index (χ1v) is 6.55. The summed E-state index contributed by atoms with van der Waals surface area (Å²) in [6.07, 6.45) is 1.62. The van der Waals surface area contributed by atoms with Crippen LogP contribution in [0, 0.1) is 13.8 Å². The van der Waals surface area contributed by atoms with E-state index in [1.54, 1.807) is 6.92 Å². The van der Waals surface area contributed by atoms with Crippen LogP contribution in [-0.2, 0) is 4.79 Å². The molecule has 0 bridgehead atoms. The molecule has 0 heterocycles. The highest BCUT2D eigenvalue weighted by atomic mass is 16.5. The van der Waals surface area contributed by atoms with E-state index in [0.717, 1.165) is 36.3 Å². The van der Waals surface area contributed by atoms with Gasteiger partial charge in [0.25, 0.3) is 5.91 Å². The topological polar surface area (TPSA) is 38.3 Å². The van der Waals surface area contributed by atoms with Gasteiger partial charge >= 0.3 is 0 Å². The molecule has 1 rings (SSSR count). The summed E-state index contributed by atoms with van der Waals surface area (Å²) in [6, 6.07) is 5.98. The first-order valence-electron chi connectivity index (χ1n) is 6.55. The van der Waals surface area contributed by atoms with Crippen LogP contribution in [0.15, 0.2) is 18.2 Å². The predicted molar refractivity (Wildman–Crippen MR) is 73.9 cm³/mol. The number of ether oxygens (including phenoxy) is 1. The zero-order valence-corrected chi connectivity index (χ0v) is 11.7. The Bertz CT molecular complexity index is 381. The van der Waals surface area contributed by atoms with Crippen LogP contribution in [0.4, 0.5) is 0 Å². The van der Waals surface area contributed by atoms with Gasteiger partial charge in [0.2, 0.25) is 0 Å². The van der Waals surface area contributed by atoms with E-state index in [9.17, 15) is 4.79 Å². The number of nitrogens with one attached hydrogen (secondary N) is 1. The fourth-order valence-electron chi connectivity index (χ4n) is 1.79. The number of rotatable bonds is 6. The molecular weight excluding hydrogens is 226 g/mol. The Morgan fingerprint density at radius 1 is 1.28 bits per heavy atom. The van der Waals surface area contributed by atoms with E-state index in [1.165, 1.54) is 0 Å². The first kappa shape index (κ1) is 14.6. The summed E-state index contributed by atoms with van der Waals surface area (Å²) in [5.41, 5.74) is 2.28. The van der Waals surface area contributed by atoms with Crippen LogP contribution in [-0.4, -0.2) is 18.6 Å². The quantitative estimate of drug-likeness (QED) is 0.787. The second-order valence-corrected chi connectivity index (χ2v) is 4.73. The van der Waals surface area contributed by atoms with Gasteiger partial charge in [-0.15, -0.1) is 0 Å². The molecule has 0 fully saturated rings. The fraction of sp³-hybridized carbons (Fsp3) is 0.533. The smallest absolute Gasteiger partial charge is 0.260 e. The number of aryl methyl sites for hydroxylation is 2. The van der Waals surface area contributed by atoms with E-state index < -0.39 is 6.10 Å². The van der Waals surface area contributed by atoms with Crippen LogP contribution in [0.3, 0.4) is 0 Å². The van der Waals surface area contributed by atoms with Crippen molar-refractivity contribution in [1.82, 2.24) is 5.32 Å². The molecule has 3 heteroatoms. The molecule has 100 valence electrons. The summed E-state index contributed by atoms with van der Waals surface area (Å²) in [7, 11) is 0. The molecule has 1 aromatic rings. The Balaban J connectivity index is 2.52. The van der Waals surface area contributed by atoms with Crippen molar-refractivity contribution in [2.24, 2.45) is 0 Å². The van der Waals surface area contributed by atoms with Gasteiger partial charge < -0.3 is 10.1 Å². The van der Waals surface area contributed by atoms with E-state index in [-0.39, 0.29) is 5.91 Å². The van der Waals surface area contributed by atoms with E-state index >= 15 is 0 Å². The van der Waals surface area contributed by atoms with Crippen molar-refractivity contribution in [1.29, 1.82) is 0 Å². The van der Waals surface area contributed by atoms with Gasteiger partial charge in [-0.3, -0.25) is 4.79 Å². The van der Waals surface area contributed by atoms with Crippen molar-refractivity contribution in [3.63, 3.8) is 0 Å². The van der Waals surface area contributed by atoms with Gasteiger partial charge in [0.15, 0.2) is 6.10 Å². The van der Waals surface area contributed by atoms with Gasteiger partial charge in [-0.2, -0.15) is 0 Å². The maximum atomic E-state index is 11.8. The highest BCUT2D eigenvalue weighted by Gasteiger charge is 2.13. The van der Waals surface area contributed by atoms with Crippen LogP contribution < -0.4 is 10.1 Å². The van der Waals surface area contributed by atoms with E-state index in [1.807, 2.05) is 26.0 Å². The molecule has 0 radical (unpaired) electrons. The minimum Gasteiger partial charge on any atom is -0.481 e. The van der Waals surface area contributed by atoms with Crippen LogP contribution in [0.5, 0.6) is 5.75 Å². The van der Waals surface area contributed by atoms with Crippen molar-refractivity contribution in [3.8, 4) is 5.75 Å². The van der Waals surface area contributed by atoms with E-state index in [2.05, 4.69) is 18.3 Å². The first-order chi connectivity index (χ1) is 8.52. The van der Waals surface area contributed by atoms with Gasteiger partial charge in [-0.1, -0.05) is 19.4 Å². The summed E-state index contributed by atoms with van der Waals surface area (Å²) in [5, 5.41) is 2.87. The van der Waals surface area contributed by atoms with Gasteiger partial charge in [-0.25, -0.2) is 0 Å². The van der Waals surface area contributed by atoms with E-state index in [4.69, 9.17) is 4.74 Å². The van der Waals surface area contributed by atoms with Crippen molar-refractivity contribution < 1.29 is 9.53 Å². The third kappa shape index (κ3) is 4.78. The maximum absolute atomic E-state index is 11.8. The number of benzene rings is 1. The van der Waals surface area contributed by atoms with Crippen LogP contribution in [0.2, 0.25) is 0 Å². The average Bonchev–Trinajstić information content (AvgIpc) is 2.27.